The first-order chi connectivity index (χ1) is 20.1. The number of nitrogens with two attached hydrogens (primary N) is 1. The van der Waals surface area contributed by atoms with Crippen LogP contribution < -0.4 is 5.73 Å². The lowest BCUT2D eigenvalue weighted by Gasteiger charge is -2.25. The molecule has 0 aromatic heterocycles. The summed E-state index contributed by atoms with van der Waals surface area (Å²) in [5.74, 6) is -5.27. The van der Waals surface area contributed by atoms with Gasteiger partial charge in [-0.3, -0.25) is 0 Å². The van der Waals surface area contributed by atoms with Gasteiger partial charge in [-0.15, -0.1) is 0 Å². The van der Waals surface area contributed by atoms with Crippen molar-refractivity contribution in [2.75, 3.05) is 0 Å². The lowest BCUT2D eigenvalue weighted by molar-refractivity contribution is -0.166. The van der Waals surface area contributed by atoms with Crippen molar-refractivity contribution >= 4 is 23.9 Å². The third-order valence-corrected chi connectivity index (χ3v) is 6.04. The van der Waals surface area contributed by atoms with Crippen molar-refractivity contribution in [2.24, 2.45) is 5.73 Å². The van der Waals surface area contributed by atoms with Gasteiger partial charge in [0.15, 0.2) is 12.2 Å². The molecule has 0 heterocycles. The van der Waals surface area contributed by atoms with Crippen molar-refractivity contribution in [1.29, 1.82) is 0 Å². The third kappa shape index (κ3) is 9.31. The number of rotatable bonds is 8. The van der Waals surface area contributed by atoms with Crippen LogP contribution in [-0.4, -0.2) is 46.3 Å². The van der Waals surface area contributed by atoms with E-state index < -0.39 is 36.1 Å². The molecular weight excluding hydrogens is 538 g/mol. The van der Waals surface area contributed by atoms with Gasteiger partial charge in [0.1, 0.15) is 0 Å². The zero-order valence-electron chi connectivity index (χ0n) is 22.8. The molecule has 4 aromatic carbocycles. The highest BCUT2D eigenvalue weighted by Crippen LogP contribution is 2.22. The van der Waals surface area contributed by atoms with E-state index >= 15 is 0 Å². The fourth-order valence-corrected chi connectivity index (χ4v) is 3.77. The molecule has 0 spiro atoms. The van der Waals surface area contributed by atoms with Crippen molar-refractivity contribution in [3.63, 3.8) is 0 Å². The first-order valence-electron chi connectivity index (χ1n) is 12.9. The molecule has 4 aromatic rings. The molecule has 0 aliphatic carbocycles. The first-order valence-corrected chi connectivity index (χ1v) is 12.9. The Kier molecular flexibility index (Phi) is 11.4. The molecule has 4 rings (SSSR count). The van der Waals surface area contributed by atoms with Gasteiger partial charge in [-0.1, -0.05) is 97.1 Å². The Labute approximate surface area is 243 Å². The average molecular weight is 570 g/mol. The number of carbonyl (C=O) groups is 4. The number of hydrogen-bond donors (Lipinski definition) is 3. The van der Waals surface area contributed by atoms with E-state index in [1.807, 2.05) is 24.3 Å². The summed E-state index contributed by atoms with van der Waals surface area (Å²) in [7, 11) is 0. The minimum atomic E-state index is -2.40. The first kappa shape index (κ1) is 31.6. The normalized spacial score (nSPS) is 13.2. The molecule has 0 bridgehead atoms. The van der Waals surface area contributed by atoms with Crippen LogP contribution in [0.25, 0.3) is 0 Å². The largest absolute Gasteiger partial charge is 0.387 e. The molecule has 0 amide bonds. The quantitative estimate of drug-likeness (QED) is 0.213. The predicted molar refractivity (Wildman–Crippen MR) is 154 cm³/mol. The monoisotopic (exact) mass is 569 g/mol. The molecule has 0 saturated heterocycles. The van der Waals surface area contributed by atoms with Crippen LogP contribution in [0.2, 0.25) is 0 Å². The number of ether oxygens (including phenoxy) is 2. The van der Waals surface area contributed by atoms with Crippen LogP contribution in [0.1, 0.15) is 38.8 Å². The zero-order chi connectivity index (χ0) is 30.5. The molecule has 9 heteroatoms. The molecule has 216 valence electrons. The summed E-state index contributed by atoms with van der Waals surface area (Å²) in [5.41, 5.74) is 8.58. The van der Waals surface area contributed by atoms with Crippen LogP contribution in [0, 0.1) is 0 Å². The van der Waals surface area contributed by atoms with Gasteiger partial charge >= 0.3 is 23.9 Å². The van der Waals surface area contributed by atoms with E-state index in [0.717, 1.165) is 6.42 Å². The Morgan fingerprint density at radius 2 is 0.952 bits per heavy atom. The van der Waals surface area contributed by atoms with E-state index in [0.29, 0.717) is 0 Å². The second kappa shape index (κ2) is 15.2. The fraction of sp³-hybridized carbons (Fsp3) is 0.152. The molecule has 0 fully saturated rings. The predicted octanol–water partition coefficient (Wildman–Crippen LogP) is 3.58. The molecule has 9 nitrogen and oxygen atoms in total. The smallest absolute Gasteiger partial charge is 0.346 e. The highest BCUT2D eigenvalue weighted by Gasteiger charge is 2.35. The van der Waals surface area contributed by atoms with Gasteiger partial charge < -0.3 is 25.4 Å². The summed E-state index contributed by atoms with van der Waals surface area (Å²) < 4.78 is 8.76. The van der Waals surface area contributed by atoms with E-state index in [4.69, 9.17) is 5.73 Å². The second-order valence-corrected chi connectivity index (χ2v) is 9.48. The van der Waals surface area contributed by atoms with Crippen LogP contribution in [-0.2, 0) is 31.0 Å². The lowest BCUT2D eigenvalue weighted by Crippen LogP contribution is -2.43. The summed E-state index contributed by atoms with van der Waals surface area (Å²) in [6, 6.07) is 35.5. The molecule has 3 unspecified atom stereocenters. The van der Waals surface area contributed by atoms with E-state index in [1.165, 1.54) is 59.7 Å². The Bertz CT molecular complexity index is 1390. The van der Waals surface area contributed by atoms with Gasteiger partial charge in [-0.25, -0.2) is 19.2 Å². The van der Waals surface area contributed by atoms with Gasteiger partial charge in [-0.05, 0) is 48.7 Å². The van der Waals surface area contributed by atoms with Gasteiger partial charge in [0.05, 0.1) is 11.1 Å². The maximum absolute atomic E-state index is 11.7. The molecule has 42 heavy (non-hydrogen) atoms. The van der Waals surface area contributed by atoms with Crippen molar-refractivity contribution in [3.8, 4) is 0 Å². The summed E-state index contributed by atoms with van der Waals surface area (Å²) in [5, 5.41) is 19.3. The second-order valence-electron chi connectivity index (χ2n) is 9.48. The van der Waals surface area contributed by atoms with Crippen LogP contribution in [0.5, 0.6) is 0 Å². The van der Waals surface area contributed by atoms with Crippen LogP contribution in [0.3, 0.4) is 0 Å². The van der Waals surface area contributed by atoms with Crippen molar-refractivity contribution in [2.45, 2.75) is 31.1 Å². The van der Waals surface area contributed by atoms with Crippen LogP contribution in [0.4, 0.5) is 0 Å². The number of esters is 4. The van der Waals surface area contributed by atoms with Crippen molar-refractivity contribution in [3.05, 3.63) is 144 Å². The summed E-state index contributed by atoms with van der Waals surface area (Å²) in [6.45, 7) is 2.08. The van der Waals surface area contributed by atoms with Crippen molar-refractivity contribution in [1.82, 2.24) is 0 Å². The summed E-state index contributed by atoms with van der Waals surface area (Å²) >= 11 is 0. The minimum absolute atomic E-state index is 0.0318. The van der Waals surface area contributed by atoms with Gasteiger partial charge in [0.2, 0.25) is 0 Å². The fourth-order valence-electron chi connectivity index (χ4n) is 3.77. The molecular formula is C33H31NO8. The Morgan fingerprint density at radius 1 is 0.619 bits per heavy atom. The Balaban J connectivity index is 0.000000258. The number of benzene rings is 4. The number of aliphatic hydroxyl groups excluding tert-OH is 2. The van der Waals surface area contributed by atoms with Crippen molar-refractivity contribution < 1.29 is 38.9 Å². The van der Waals surface area contributed by atoms with E-state index in [1.54, 1.807) is 12.1 Å². The molecule has 0 saturated carbocycles. The van der Waals surface area contributed by atoms with E-state index in [2.05, 4.69) is 52.8 Å². The number of hydrogen-bond acceptors (Lipinski definition) is 9. The maximum Gasteiger partial charge on any atom is 0.346 e. The molecule has 0 radical (unpaired) electrons. The topological polar surface area (TPSA) is 153 Å². The number of carbonyl (C=O) groups excluding carboxylic acids is 4. The van der Waals surface area contributed by atoms with Gasteiger partial charge in [0, 0.05) is 5.54 Å². The van der Waals surface area contributed by atoms with Gasteiger partial charge in [-0.2, -0.15) is 0 Å². The zero-order valence-corrected chi connectivity index (χ0v) is 22.8. The Hall–Kier alpha value is -4.96. The summed E-state index contributed by atoms with van der Waals surface area (Å²) in [6.07, 6.45) is -3.95. The number of aliphatic hydroxyl groups is 2. The third-order valence-electron chi connectivity index (χ3n) is 6.04. The van der Waals surface area contributed by atoms with Gasteiger partial charge in [0.25, 0.3) is 0 Å². The average Bonchev–Trinajstić information content (AvgIpc) is 3.02. The molecule has 4 N–H and O–H groups in total. The SMILES string of the molecule is CC(N)(Cc1ccccc1)c1ccccc1.O=C(OC(=O)C(O)C(O)C(=O)OC(=O)c1ccccc1)c1ccccc1. The maximum atomic E-state index is 11.7. The van der Waals surface area contributed by atoms with E-state index in [-0.39, 0.29) is 16.7 Å². The molecule has 0 aliphatic heterocycles. The minimum Gasteiger partial charge on any atom is -0.387 e. The highest BCUT2D eigenvalue weighted by molar-refractivity contribution is 6.01. The molecule has 3 atom stereocenters. The standard InChI is InChI=1S/C18H14O8.C15H17N/c19-13(17(23)25-15(21)11-7-3-1-4-8-11)14(20)18(24)26-16(22)12-9-5-2-6-10-12;1-15(16,14-10-6-3-7-11-14)12-13-8-4-2-5-9-13/h1-10,13-14,19-20H;2-11H,12,16H2,1H3. The van der Waals surface area contributed by atoms with Crippen LogP contribution in [0.15, 0.2) is 121 Å². The Morgan fingerprint density at radius 3 is 1.33 bits per heavy atom. The van der Waals surface area contributed by atoms with Crippen LogP contribution >= 0.6 is 0 Å². The summed E-state index contributed by atoms with van der Waals surface area (Å²) in [4.78, 5) is 46.8. The molecule has 0 aliphatic rings. The lowest BCUT2D eigenvalue weighted by atomic mass is 9.87. The highest BCUT2D eigenvalue weighted by atomic mass is 16.6. The van der Waals surface area contributed by atoms with E-state index in [9.17, 15) is 29.4 Å².